The standard InChI is InChI=1S/C7H7NO5/c1-2-12-6(10)4-3-5(9)13-7(11)8-4/h3H,2H2,1H3,(H,8,11). The Labute approximate surface area is 72.1 Å². The maximum absolute atomic E-state index is 11.0. The van der Waals surface area contributed by atoms with Crippen LogP contribution in [0.5, 0.6) is 0 Å². The maximum Gasteiger partial charge on any atom is 0.419 e. The Morgan fingerprint density at radius 3 is 2.85 bits per heavy atom. The Morgan fingerprint density at radius 1 is 1.62 bits per heavy atom. The maximum atomic E-state index is 11.0. The van der Waals surface area contributed by atoms with Gasteiger partial charge < -0.3 is 9.15 Å². The summed E-state index contributed by atoms with van der Waals surface area (Å²) in [6, 6.07) is 0.861. The molecule has 6 nitrogen and oxygen atoms in total. The number of ether oxygens (including phenoxy) is 1. The monoisotopic (exact) mass is 185 g/mol. The lowest BCUT2D eigenvalue weighted by Gasteiger charge is -1.98. The topological polar surface area (TPSA) is 89.4 Å². The second-order valence-corrected chi connectivity index (χ2v) is 2.11. The minimum atomic E-state index is -0.976. The van der Waals surface area contributed by atoms with E-state index >= 15 is 0 Å². The van der Waals surface area contributed by atoms with Gasteiger partial charge >= 0.3 is 17.4 Å². The summed E-state index contributed by atoms with van der Waals surface area (Å²) < 4.78 is 8.62. The van der Waals surface area contributed by atoms with E-state index in [1.54, 1.807) is 6.92 Å². The highest BCUT2D eigenvalue weighted by atomic mass is 16.5. The number of carbonyl (C=O) groups is 1. The summed E-state index contributed by atoms with van der Waals surface area (Å²) in [4.78, 5) is 34.2. The van der Waals surface area contributed by atoms with E-state index in [1.165, 1.54) is 0 Å². The third kappa shape index (κ3) is 2.29. The van der Waals surface area contributed by atoms with Gasteiger partial charge in [-0.25, -0.2) is 14.4 Å². The number of aromatic nitrogens is 1. The number of rotatable bonds is 2. The second kappa shape index (κ2) is 3.70. The number of hydrogen-bond donors (Lipinski definition) is 1. The van der Waals surface area contributed by atoms with Crippen LogP contribution in [0.2, 0.25) is 0 Å². The molecule has 0 saturated heterocycles. The minimum Gasteiger partial charge on any atom is -0.461 e. The highest BCUT2D eigenvalue weighted by molar-refractivity contribution is 5.86. The zero-order chi connectivity index (χ0) is 9.84. The summed E-state index contributed by atoms with van der Waals surface area (Å²) in [6.07, 6.45) is 0. The predicted molar refractivity (Wildman–Crippen MR) is 41.6 cm³/mol. The zero-order valence-corrected chi connectivity index (χ0v) is 6.83. The number of aromatic amines is 1. The van der Waals surface area contributed by atoms with Crippen molar-refractivity contribution in [3.05, 3.63) is 32.7 Å². The van der Waals surface area contributed by atoms with E-state index in [-0.39, 0.29) is 12.3 Å². The number of H-pyrrole nitrogens is 1. The normalized spacial score (nSPS) is 9.62. The molecule has 0 aliphatic rings. The third-order valence-electron chi connectivity index (χ3n) is 1.19. The van der Waals surface area contributed by atoms with E-state index in [1.807, 2.05) is 4.98 Å². The zero-order valence-electron chi connectivity index (χ0n) is 6.83. The summed E-state index contributed by atoms with van der Waals surface area (Å²) in [6.45, 7) is 1.78. The molecule has 0 atom stereocenters. The molecule has 70 valence electrons. The van der Waals surface area contributed by atoms with E-state index < -0.39 is 17.4 Å². The van der Waals surface area contributed by atoms with E-state index in [2.05, 4.69) is 9.15 Å². The van der Waals surface area contributed by atoms with Gasteiger partial charge in [0.05, 0.1) is 12.7 Å². The highest BCUT2D eigenvalue weighted by Crippen LogP contribution is 1.90. The van der Waals surface area contributed by atoms with Gasteiger partial charge in [-0.3, -0.25) is 4.98 Å². The van der Waals surface area contributed by atoms with Gasteiger partial charge in [0.15, 0.2) is 0 Å². The third-order valence-corrected chi connectivity index (χ3v) is 1.19. The van der Waals surface area contributed by atoms with E-state index in [9.17, 15) is 14.4 Å². The van der Waals surface area contributed by atoms with Gasteiger partial charge in [-0.1, -0.05) is 0 Å². The first-order valence-electron chi connectivity index (χ1n) is 3.55. The lowest BCUT2D eigenvalue weighted by molar-refractivity contribution is 0.0516. The largest absolute Gasteiger partial charge is 0.461 e. The van der Waals surface area contributed by atoms with Crippen LogP contribution in [0.4, 0.5) is 0 Å². The fraction of sp³-hybridized carbons (Fsp3) is 0.286. The molecular formula is C7H7NO5. The van der Waals surface area contributed by atoms with E-state index in [4.69, 9.17) is 0 Å². The average molecular weight is 185 g/mol. The molecule has 0 fully saturated rings. The van der Waals surface area contributed by atoms with Crippen LogP contribution in [0.15, 0.2) is 20.1 Å². The van der Waals surface area contributed by atoms with Crippen molar-refractivity contribution in [2.24, 2.45) is 0 Å². The van der Waals surface area contributed by atoms with Crippen molar-refractivity contribution >= 4 is 5.97 Å². The summed E-state index contributed by atoms with van der Waals surface area (Å²) >= 11 is 0. The number of esters is 1. The van der Waals surface area contributed by atoms with Crippen molar-refractivity contribution in [3.63, 3.8) is 0 Å². The molecule has 0 radical (unpaired) electrons. The van der Waals surface area contributed by atoms with Crippen LogP contribution in [0.3, 0.4) is 0 Å². The van der Waals surface area contributed by atoms with Gasteiger partial charge in [0.25, 0.3) is 0 Å². The van der Waals surface area contributed by atoms with Crippen molar-refractivity contribution in [3.8, 4) is 0 Å². The minimum absolute atomic E-state index is 0.168. The van der Waals surface area contributed by atoms with Crippen molar-refractivity contribution in [2.45, 2.75) is 6.92 Å². The Bertz CT molecular complexity index is 387. The fourth-order valence-electron chi connectivity index (χ4n) is 0.729. The Balaban J connectivity index is 3.08. The summed E-state index contributed by atoms with van der Waals surface area (Å²) in [5.74, 6) is -1.73. The highest BCUT2D eigenvalue weighted by Gasteiger charge is 2.08. The smallest absolute Gasteiger partial charge is 0.419 e. The summed E-state index contributed by atoms with van der Waals surface area (Å²) in [5, 5.41) is 0. The molecule has 0 aromatic carbocycles. The molecular weight excluding hydrogens is 178 g/mol. The molecule has 6 heteroatoms. The summed E-state index contributed by atoms with van der Waals surface area (Å²) in [5.41, 5.74) is -1.09. The Hall–Kier alpha value is -1.85. The van der Waals surface area contributed by atoms with Gasteiger partial charge in [0, 0.05) is 0 Å². The molecule has 0 bridgehead atoms. The van der Waals surface area contributed by atoms with Crippen molar-refractivity contribution in [2.75, 3.05) is 6.61 Å². The molecule has 0 amide bonds. The van der Waals surface area contributed by atoms with Crippen LogP contribution in [-0.4, -0.2) is 17.6 Å². The lowest BCUT2D eigenvalue weighted by Crippen LogP contribution is -2.20. The molecule has 0 unspecified atom stereocenters. The first-order chi connectivity index (χ1) is 6.13. The first kappa shape index (κ1) is 9.24. The first-order valence-corrected chi connectivity index (χ1v) is 3.55. The van der Waals surface area contributed by atoms with Crippen LogP contribution in [0.25, 0.3) is 0 Å². The summed E-state index contributed by atoms with van der Waals surface area (Å²) in [7, 11) is 0. The number of carbonyl (C=O) groups excluding carboxylic acids is 1. The van der Waals surface area contributed by atoms with Gasteiger partial charge in [-0.05, 0) is 6.92 Å². The van der Waals surface area contributed by atoms with Gasteiger partial charge in [0.2, 0.25) is 0 Å². The van der Waals surface area contributed by atoms with Gasteiger partial charge in [-0.15, -0.1) is 0 Å². The molecule has 1 N–H and O–H groups in total. The second-order valence-electron chi connectivity index (χ2n) is 2.11. The molecule has 1 aromatic rings. The molecule has 1 aromatic heterocycles. The van der Waals surface area contributed by atoms with Crippen molar-refractivity contribution in [1.82, 2.24) is 4.98 Å². The Morgan fingerprint density at radius 2 is 2.31 bits per heavy atom. The van der Waals surface area contributed by atoms with Gasteiger partial charge in [-0.2, -0.15) is 0 Å². The van der Waals surface area contributed by atoms with Crippen LogP contribution in [-0.2, 0) is 4.74 Å². The molecule has 0 saturated carbocycles. The van der Waals surface area contributed by atoms with E-state index in [0.717, 1.165) is 6.07 Å². The lowest BCUT2D eigenvalue weighted by atomic mass is 10.4. The van der Waals surface area contributed by atoms with Crippen LogP contribution in [0, 0.1) is 0 Å². The molecule has 1 heterocycles. The van der Waals surface area contributed by atoms with Gasteiger partial charge in [0.1, 0.15) is 5.69 Å². The van der Waals surface area contributed by atoms with E-state index in [0.29, 0.717) is 0 Å². The Kier molecular flexibility index (Phi) is 2.63. The molecule has 0 spiro atoms. The van der Waals surface area contributed by atoms with Crippen molar-refractivity contribution < 1.29 is 13.9 Å². The molecule has 0 aliphatic carbocycles. The molecule has 1 rings (SSSR count). The molecule has 0 aliphatic heterocycles. The number of nitrogens with one attached hydrogen (secondary N) is 1. The predicted octanol–water partition coefficient (Wildman–Crippen LogP) is -0.495. The van der Waals surface area contributed by atoms with Crippen LogP contribution in [0.1, 0.15) is 17.4 Å². The SMILES string of the molecule is CCOC(=O)c1cc(=O)oc(=O)[nH]1. The molecule has 13 heavy (non-hydrogen) atoms. The van der Waals surface area contributed by atoms with Crippen molar-refractivity contribution in [1.29, 1.82) is 0 Å². The average Bonchev–Trinajstić information content (AvgIpc) is 2.03. The van der Waals surface area contributed by atoms with Crippen LogP contribution < -0.4 is 11.4 Å². The fourth-order valence-corrected chi connectivity index (χ4v) is 0.729. The van der Waals surface area contributed by atoms with Crippen LogP contribution >= 0.6 is 0 Å². The number of hydrogen-bond acceptors (Lipinski definition) is 5. The quantitative estimate of drug-likeness (QED) is 0.627.